The number of H-pyrrole nitrogens is 1. The molecular formula is C23H28N4O. The molecule has 1 saturated heterocycles. The minimum atomic E-state index is 0.0922. The Morgan fingerprint density at radius 1 is 1.18 bits per heavy atom. The van der Waals surface area contributed by atoms with Gasteiger partial charge in [0.25, 0.3) is 0 Å². The number of hydrogen-bond donors (Lipinski definition) is 3. The van der Waals surface area contributed by atoms with E-state index < -0.39 is 0 Å². The molecule has 5 nitrogen and oxygen atoms in total. The number of carbonyl (C=O) groups is 1. The average Bonchev–Trinajstić information content (AvgIpc) is 3.15. The largest absolute Gasteiger partial charge is 0.361 e. The summed E-state index contributed by atoms with van der Waals surface area (Å²) in [5.41, 5.74) is 3.56. The van der Waals surface area contributed by atoms with Gasteiger partial charge in [0.05, 0.1) is 6.54 Å². The number of para-hydroxylation sites is 1. The molecule has 4 rings (SSSR count). The SMILES string of the molecule is C[C@H]1CNCCN1CC(=O)NCC(c1ccccc1)c1c[nH]c2ccccc12. The standard InChI is InChI=1S/C23H28N4O/c1-17-13-24-11-12-27(17)16-23(28)26-14-20(18-7-3-2-4-8-18)21-15-25-22-10-6-5-9-19(21)22/h2-10,15,17,20,24-25H,11-14,16H2,1H3,(H,26,28)/t17-,20?/m0/s1. The third kappa shape index (κ3) is 4.11. The van der Waals surface area contributed by atoms with E-state index in [1.807, 2.05) is 12.1 Å². The van der Waals surface area contributed by atoms with Gasteiger partial charge in [0.1, 0.15) is 0 Å². The molecule has 1 amide bonds. The summed E-state index contributed by atoms with van der Waals surface area (Å²) >= 11 is 0. The molecule has 0 spiro atoms. The number of piperazine rings is 1. The number of carbonyl (C=O) groups excluding carboxylic acids is 1. The zero-order valence-corrected chi connectivity index (χ0v) is 16.3. The lowest BCUT2D eigenvalue weighted by Gasteiger charge is -2.33. The quantitative estimate of drug-likeness (QED) is 0.620. The Labute approximate surface area is 166 Å². The van der Waals surface area contributed by atoms with Crippen molar-refractivity contribution in [2.24, 2.45) is 0 Å². The number of benzene rings is 2. The molecule has 2 aromatic carbocycles. The number of fused-ring (bicyclic) bond motifs is 1. The van der Waals surface area contributed by atoms with Gasteiger partial charge in [-0.3, -0.25) is 9.69 Å². The molecule has 0 saturated carbocycles. The van der Waals surface area contributed by atoms with Crippen LogP contribution < -0.4 is 10.6 Å². The summed E-state index contributed by atoms with van der Waals surface area (Å²) in [6, 6.07) is 19.1. The molecule has 146 valence electrons. The molecule has 1 aromatic heterocycles. The first-order chi connectivity index (χ1) is 13.7. The van der Waals surface area contributed by atoms with E-state index in [0.717, 1.165) is 25.2 Å². The smallest absolute Gasteiger partial charge is 0.234 e. The van der Waals surface area contributed by atoms with Crippen LogP contribution in [-0.4, -0.2) is 54.6 Å². The summed E-state index contributed by atoms with van der Waals surface area (Å²) in [6.07, 6.45) is 2.08. The van der Waals surface area contributed by atoms with Crippen LogP contribution in [0.1, 0.15) is 24.0 Å². The highest BCUT2D eigenvalue weighted by atomic mass is 16.2. The summed E-state index contributed by atoms with van der Waals surface area (Å²) < 4.78 is 0. The van der Waals surface area contributed by atoms with Gasteiger partial charge < -0.3 is 15.6 Å². The number of aromatic nitrogens is 1. The summed E-state index contributed by atoms with van der Waals surface area (Å²) in [4.78, 5) is 18.3. The minimum absolute atomic E-state index is 0.0922. The van der Waals surface area contributed by atoms with Gasteiger partial charge in [0.15, 0.2) is 0 Å². The van der Waals surface area contributed by atoms with Crippen molar-refractivity contribution in [2.75, 3.05) is 32.7 Å². The molecule has 1 fully saturated rings. The van der Waals surface area contributed by atoms with Crippen LogP contribution in [0.2, 0.25) is 0 Å². The fourth-order valence-electron chi connectivity index (χ4n) is 4.05. The Kier molecular flexibility index (Phi) is 5.74. The molecule has 1 unspecified atom stereocenters. The molecule has 2 atom stereocenters. The predicted molar refractivity (Wildman–Crippen MR) is 113 cm³/mol. The highest BCUT2D eigenvalue weighted by Crippen LogP contribution is 2.30. The van der Waals surface area contributed by atoms with Crippen LogP contribution in [0.5, 0.6) is 0 Å². The Morgan fingerprint density at radius 3 is 2.79 bits per heavy atom. The molecule has 3 aromatic rings. The maximum absolute atomic E-state index is 12.6. The molecule has 0 aliphatic carbocycles. The van der Waals surface area contributed by atoms with Gasteiger partial charge in [-0.15, -0.1) is 0 Å². The summed E-state index contributed by atoms with van der Waals surface area (Å²) in [5, 5.41) is 7.76. The van der Waals surface area contributed by atoms with Gasteiger partial charge in [0.2, 0.25) is 5.91 Å². The second kappa shape index (κ2) is 8.59. The van der Waals surface area contributed by atoms with Crippen LogP contribution in [0.3, 0.4) is 0 Å². The van der Waals surface area contributed by atoms with E-state index >= 15 is 0 Å². The second-order valence-electron chi connectivity index (χ2n) is 7.58. The van der Waals surface area contributed by atoms with E-state index in [2.05, 4.69) is 76.1 Å². The molecule has 0 radical (unpaired) electrons. The molecule has 2 heterocycles. The highest BCUT2D eigenvalue weighted by molar-refractivity contribution is 5.84. The average molecular weight is 377 g/mol. The Balaban J connectivity index is 1.51. The Hall–Kier alpha value is -2.63. The van der Waals surface area contributed by atoms with E-state index in [1.165, 1.54) is 16.5 Å². The van der Waals surface area contributed by atoms with Crippen molar-refractivity contribution in [2.45, 2.75) is 18.9 Å². The normalized spacial score (nSPS) is 18.8. The van der Waals surface area contributed by atoms with Crippen molar-refractivity contribution in [3.05, 3.63) is 71.9 Å². The van der Waals surface area contributed by atoms with Gasteiger partial charge in [0, 0.05) is 55.2 Å². The first kappa shape index (κ1) is 18.7. The number of aromatic amines is 1. The maximum atomic E-state index is 12.6. The van der Waals surface area contributed by atoms with Crippen molar-refractivity contribution < 1.29 is 4.79 Å². The lowest BCUT2D eigenvalue weighted by atomic mass is 9.91. The van der Waals surface area contributed by atoms with Crippen LogP contribution in [0.15, 0.2) is 60.8 Å². The third-order valence-corrected chi connectivity index (χ3v) is 5.69. The Bertz CT molecular complexity index is 921. The van der Waals surface area contributed by atoms with E-state index in [-0.39, 0.29) is 11.8 Å². The molecule has 5 heteroatoms. The van der Waals surface area contributed by atoms with Crippen LogP contribution in [0.25, 0.3) is 10.9 Å². The fraction of sp³-hybridized carbons (Fsp3) is 0.348. The van der Waals surface area contributed by atoms with Crippen molar-refractivity contribution >= 4 is 16.8 Å². The molecule has 1 aliphatic rings. The molecule has 1 aliphatic heterocycles. The molecule has 0 bridgehead atoms. The molecular weight excluding hydrogens is 348 g/mol. The van der Waals surface area contributed by atoms with Crippen molar-refractivity contribution in [1.82, 2.24) is 20.5 Å². The van der Waals surface area contributed by atoms with Crippen molar-refractivity contribution in [3.63, 3.8) is 0 Å². The molecule has 3 N–H and O–H groups in total. The summed E-state index contributed by atoms with van der Waals surface area (Å²) in [7, 11) is 0. The van der Waals surface area contributed by atoms with E-state index in [9.17, 15) is 4.79 Å². The fourth-order valence-corrected chi connectivity index (χ4v) is 4.05. The van der Waals surface area contributed by atoms with Crippen LogP contribution in [0.4, 0.5) is 0 Å². The number of amides is 1. The van der Waals surface area contributed by atoms with Crippen molar-refractivity contribution in [1.29, 1.82) is 0 Å². The van der Waals surface area contributed by atoms with Gasteiger partial charge >= 0.3 is 0 Å². The number of rotatable bonds is 6. The van der Waals surface area contributed by atoms with E-state index in [4.69, 9.17) is 0 Å². The number of nitrogens with zero attached hydrogens (tertiary/aromatic N) is 1. The van der Waals surface area contributed by atoms with Crippen LogP contribution in [-0.2, 0) is 4.79 Å². The van der Waals surface area contributed by atoms with Gasteiger partial charge in [-0.1, -0.05) is 48.5 Å². The number of nitrogens with one attached hydrogen (secondary N) is 3. The van der Waals surface area contributed by atoms with E-state index in [0.29, 0.717) is 19.1 Å². The maximum Gasteiger partial charge on any atom is 0.234 e. The van der Waals surface area contributed by atoms with Gasteiger partial charge in [-0.05, 0) is 24.1 Å². The lowest BCUT2D eigenvalue weighted by molar-refractivity contribution is -0.122. The zero-order valence-electron chi connectivity index (χ0n) is 16.3. The van der Waals surface area contributed by atoms with Crippen molar-refractivity contribution in [3.8, 4) is 0 Å². The highest BCUT2D eigenvalue weighted by Gasteiger charge is 2.22. The first-order valence-electron chi connectivity index (χ1n) is 10.0. The van der Waals surface area contributed by atoms with E-state index in [1.54, 1.807) is 0 Å². The lowest BCUT2D eigenvalue weighted by Crippen LogP contribution is -2.52. The minimum Gasteiger partial charge on any atom is -0.361 e. The van der Waals surface area contributed by atoms with Gasteiger partial charge in [-0.25, -0.2) is 0 Å². The van der Waals surface area contributed by atoms with Crippen LogP contribution in [0, 0.1) is 0 Å². The summed E-state index contributed by atoms with van der Waals surface area (Å²) in [6.45, 7) is 6.01. The van der Waals surface area contributed by atoms with Crippen LogP contribution >= 0.6 is 0 Å². The summed E-state index contributed by atoms with van der Waals surface area (Å²) in [5.74, 6) is 0.205. The first-order valence-corrected chi connectivity index (χ1v) is 10.0. The topological polar surface area (TPSA) is 60.2 Å². The predicted octanol–water partition coefficient (Wildman–Crippen LogP) is 2.71. The molecule has 28 heavy (non-hydrogen) atoms. The second-order valence-corrected chi connectivity index (χ2v) is 7.58. The monoisotopic (exact) mass is 376 g/mol. The van der Waals surface area contributed by atoms with Gasteiger partial charge in [-0.2, -0.15) is 0 Å². The Morgan fingerprint density at radius 2 is 1.96 bits per heavy atom. The zero-order chi connectivity index (χ0) is 19.3. The number of hydrogen-bond acceptors (Lipinski definition) is 3. The third-order valence-electron chi connectivity index (χ3n) is 5.69.